The second kappa shape index (κ2) is 8.48. The Kier molecular flexibility index (Phi) is 6.45. The van der Waals surface area contributed by atoms with E-state index in [0.29, 0.717) is 0 Å². The van der Waals surface area contributed by atoms with Gasteiger partial charge in [0.25, 0.3) is 5.91 Å². The van der Waals surface area contributed by atoms with Gasteiger partial charge in [0.1, 0.15) is 0 Å². The first-order chi connectivity index (χ1) is 9.22. The number of benzene rings is 1. The fourth-order valence-corrected chi connectivity index (χ4v) is 1.22. The van der Waals surface area contributed by atoms with Crippen molar-refractivity contribution in [2.45, 2.75) is 6.42 Å². The lowest BCUT2D eigenvalue weighted by molar-refractivity contribution is -0.143. The van der Waals surface area contributed by atoms with Crippen LogP contribution < -0.4 is 5.32 Å². The maximum Gasteiger partial charge on any atom is 0.331 e. The molecule has 0 fully saturated rings. The minimum Gasteiger partial charge on any atom is -0.452 e. The van der Waals surface area contributed by atoms with Crippen LogP contribution in [0.15, 0.2) is 36.4 Å². The van der Waals surface area contributed by atoms with Crippen molar-refractivity contribution in [3.8, 4) is 6.07 Å². The summed E-state index contributed by atoms with van der Waals surface area (Å²) in [6.45, 7) is -0.0872. The third-order valence-electron chi connectivity index (χ3n) is 2.12. The van der Waals surface area contributed by atoms with Crippen LogP contribution in [0.5, 0.6) is 0 Å². The molecule has 0 saturated carbocycles. The van der Waals surface area contributed by atoms with Crippen molar-refractivity contribution in [3.05, 3.63) is 42.0 Å². The predicted octanol–water partition coefficient (Wildman–Crippen LogP) is 1.27. The van der Waals surface area contributed by atoms with Gasteiger partial charge in [-0.05, 0) is 11.6 Å². The van der Waals surface area contributed by atoms with Crippen molar-refractivity contribution >= 4 is 18.0 Å². The minimum atomic E-state index is -0.584. The van der Waals surface area contributed by atoms with E-state index in [2.05, 4.69) is 5.32 Å². The third kappa shape index (κ3) is 6.64. The summed E-state index contributed by atoms with van der Waals surface area (Å²) in [5.41, 5.74) is 0.873. The van der Waals surface area contributed by atoms with Crippen molar-refractivity contribution < 1.29 is 14.3 Å². The summed E-state index contributed by atoms with van der Waals surface area (Å²) in [4.78, 5) is 22.5. The molecule has 0 atom stereocenters. The Balaban J connectivity index is 2.27. The number of nitriles is 1. The number of amides is 1. The summed E-state index contributed by atoms with van der Waals surface area (Å²) in [5.74, 6) is -1.00. The van der Waals surface area contributed by atoms with E-state index in [9.17, 15) is 9.59 Å². The Morgan fingerprint density at radius 3 is 2.74 bits per heavy atom. The fourth-order valence-electron chi connectivity index (χ4n) is 1.22. The number of carbonyl (C=O) groups is 2. The maximum absolute atomic E-state index is 11.3. The molecule has 19 heavy (non-hydrogen) atoms. The van der Waals surface area contributed by atoms with E-state index >= 15 is 0 Å². The van der Waals surface area contributed by atoms with Crippen LogP contribution >= 0.6 is 0 Å². The predicted molar refractivity (Wildman–Crippen MR) is 69.7 cm³/mol. The molecule has 0 aromatic heterocycles. The molecule has 0 aliphatic rings. The first-order valence-corrected chi connectivity index (χ1v) is 5.76. The molecular weight excluding hydrogens is 244 g/mol. The zero-order valence-corrected chi connectivity index (χ0v) is 10.3. The lowest BCUT2D eigenvalue weighted by atomic mass is 10.2. The van der Waals surface area contributed by atoms with Gasteiger partial charge in [0, 0.05) is 12.6 Å². The highest BCUT2D eigenvalue weighted by Crippen LogP contribution is 2.00. The van der Waals surface area contributed by atoms with Gasteiger partial charge in [-0.25, -0.2) is 4.79 Å². The smallest absolute Gasteiger partial charge is 0.331 e. The van der Waals surface area contributed by atoms with Gasteiger partial charge in [-0.1, -0.05) is 30.3 Å². The molecule has 1 aromatic carbocycles. The highest BCUT2D eigenvalue weighted by Gasteiger charge is 2.03. The van der Waals surface area contributed by atoms with Crippen LogP contribution in [0.1, 0.15) is 12.0 Å². The summed E-state index contributed by atoms with van der Waals surface area (Å²) in [6, 6.07) is 11.2. The Morgan fingerprint density at radius 2 is 2.05 bits per heavy atom. The molecule has 5 nitrogen and oxygen atoms in total. The van der Waals surface area contributed by atoms with Crippen molar-refractivity contribution in [1.29, 1.82) is 5.26 Å². The molecular formula is C14H14N2O3. The highest BCUT2D eigenvalue weighted by molar-refractivity contribution is 5.89. The second-order valence-electron chi connectivity index (χ2n) is 3.61. The van der Waals surface area contributed by atoms with Crippen LogP contribution in [0.4, 0.5) is 0 Å². The van der Waals surface area contributed by atoms with E-state index in [-0.39, 0.29) is 19.6 Å². The zero-order chi connectivity index (χ0) is 13.9. The van der Waals surface area contributed by atoms with E-state index in [4.69, 9.17) is 10.00 Å². The summed E-state index contributed by atoms with van der Waals surface area (Å²) in [7, 11) is 0. The molecule has 0 radical (unpaired) electrons. The minimum absolute atomic E-state index is 0.230. The topological polar surface area (TPSA) is 79.2 Å². The number of rotatable bonds is 6. The number of nitrogens with zero attached hydrogens (tertiary/aromatic N) is 1. The van der Waals surface area contributed by atoms with E-state index in [1.165, 1.54) is 6.08 Å². The zero-order valence-electron chi connectivity index (χ0n) is 10.3. The first-order valence-electron chi connectivity index (χ1n) is 5.76. The van der Waals surface area contributed by atoms with Crippen molar-refractivity contribution in [1.82, 2.24) is 5.32 Å². The van der Waals surface area contributed by atoms with Crippen LogP contribution in [0.25, 0.3) is 6.08 Å². The molecule has 5 heteroatoms. The number of nitrogens with one attached hydrogen (secondary N) is 1. The molecule has 1 amide bonds. The number of carbonyl (C=O) groups excluding carboxylic acids is 2. The molecule has 1 rings (SSSR count). The van der Waals surface area contributed by atoms with E-state index in [0.717, 1.165) is 5.56 Å². The van der Waals surface area contributed by atoms with Crippen molar-refractivity contribution in [2.24, 2.45) is 0 Å². The van der Waals surface area contributed by atoms with Crippen LogP contribution in [-0.4, -0.2) is 25.0 Å². The van der Waals surface area contributed by atoms with E-state index < -0.39 is 11.9 Å². The van der Waals surface area contributed by atoms with Crippen molar-refractivity contribution in [2.75, 3.05) is 13.2 Å². The van der Waals surface area contributed by atoms with Gasteiger partial charge < -0.3 is 10.1 Å². The average molecular weight is 258 g/mol. The number of esters is 1. The molecule has 0 unspecified atom stereocenters. The molecule has 1 N–H and O–H groups in total. The first kappa shape index (κ1) is 14.5. The monoisotopic (exact) mass is 258 g/mol. The Labute approximate surface area is 111 Å². The van der Waals surface area contributed by atoms with Gasteiger partial charge >= 0.3 is 5.97 Å². The molecule has 0 aliphatic carbocycles. The molecule has 0 bridgehead atoms. The molecule has 0 saturated heterocycles. The SMILES string of the molecule is N#CCCNC(=O)COC(=O)/C=C/c1ccccc1. The lowest BCUT2D eigenvalue weighted by Gasteiger charge is -2.02. The Bertz CT molecular complexity index is 489. The van der Waals surface area contributed by atoms with Crippen LogP contribution in [0.3, 0.4) is 0 Å². The molecule has 0 aliphatic heterocycles. The van der Waals surface area contributed by atoms with Gasteiger partial charge in [0.05, 0.1) is 12.5 Å². The molecule has 0 spiro atoms. The van der Waals surface area contributed by atoms with Crippen LogP contribution in [0.2, 0.25) is 0 Å². The Morgan fingerprint density at radius 1 is 1.32 bits per heavy atom. The maximum atomic E-state index is 11.3. The fraction of sp³-hybridized carbons (Fsp3) is 0.214. The number of ether oxygens (including phenoxy) is 1. The summed E-state index contributed by atoms with van der Waals surface area (Å²) < 4.78 is 4.74. The van der Waals surface area contributed by atoms with E-state index in [1.54, 1.807) is 6.08 Å². The van der Waals surface area contributed by atoms with Gasteiger partial charge in [-0.2, -0.15) is 5.26 Å². The molecule has 98 valence electrons. The standard InChI is InChI=1S/C14H14N2O3/c15-9-4-10-16-13(17)11-19-14(18)8-7-12-5-2-1-3-6-12/h1-3,5-8H,4,10-11H2,(H,16,17)/b8-7+. The van der Waals surface area contributed by atoms with E-state index in [1.807, 2.05) is 36.4 Å². The quantitative estimate of drug-likeness (QED) is 0.473. The van der Waals surface area contributed by atoms with Crippen molar-refractivity contribution in [3.63, 3.8) is 0 Å². The summed E-state index contributed by atoms with van der Waals surface area (Å²) in [5, 5.41) is 10.7. The number of hydrogen-bond acceptors (Lipinski definition) is 4. The lowest BCUT2D eigenvalue weighted by Crippen LogP contribution is -2.29. The van der Waals surface area contributed by atoms with Crippen LogP contribution in [0, 0.1) is 11.3 Å². The van der Waals surface area contributed by atoms with Gasteiger partial charge in [-0.15, -0.1) is 0 Å². The summed E-state index contributed by atoms with van der Waals surface area (Å²) in [6.07, 6.45) is 3.10. The Hall–Kier alpha value is -2.61. The van der Waals surface area contributed by atoms with Crippen LogP contribution in [-0.2, 0) is 14.3 Å². The number of hydrogen-bond donors (Lipinski definition) is 1. The van der Waals surface area contributed by atoms with Gasteiger partial charge in [-0.3, -0.25) is 4.79 Å². The average Bonchev–Trinajstić information content (AvgIpc) is 2.44. The largest absolute Gasteiger partial charge is 0.452 e. The second-order valence-corrected chi connectivity index (χ2v) is 3.61. The molecule has 1 aromatic rings. The molecule has 0 heterocycles. The van der Waals surface area contributed by atoms with Gasteiger partial charge in [0.2, 0.25) is 0 Å². The highest BCUT2D eigenvalue weighted by atomic mass is 16.5. The third-order valence-corrected chi connectivity index (χ3v) is 2.12. The summed E-state index contributed by atoms with van der Waals surface area (Å²) >= 11 is 0. The normalized spacial score (nSPS) is 9.84. The van der Waals surface area contributed by atoms with Gasteiger partial charge in [0.15, 0.2) is 6.61 Å².